The summed E-state index contributed by atoms with van der Waals surface area (Å²) < 4.78 is 27.1. The zero-order valence-electron chi connectivity index (χ0n) is 16.1. The molecule has 0 aliphatic carbocycles. The van der Waals surface area contributed by atoms with Gasteiger partial charge in [-0.3, -0.25) is 9.59 Å². The maximum Gasteiger partial charge on any atom is 0.234 e. The summed E-state index contributed by atoms with van der Waals surface area (Å²) in [6.45, 7) is 0.712. The van der Waals surface area contributed by atoms with E-state index in [-0.39, 0.29) is 25.2 Å². The molecule has 1 spiro atoms. The van der Waals surface area contributed by atoms with E-state index in [1.165, 1.54) is 14.2 Å². The maximum atomic E-state index is 13.3. The molecule has 2 saturated heterocycles. The second-order valence-corrected chi connectivity index (χ2v) is 7.51. The molecule has 2 amide bonds. The molecule has 4 aliphatic heterocycles. The molecule has 0 radical (unpaired) electrons. The van der Waals surface area contributed by atoms with Crippen LogP contribution in [0, 0.1) is 11.8 Å². The van der Waals surface area contributed by atoms with Crippen molar-refractivity contribution in [3.8, 4) is 11.5 Å². The fourth-order valence-electron chi connectivity index (χ4n) is 4.63. The van der Waals surface area contributed by atoms with Crippen LogP contribution in [0.25, 0.3) is 0 Å². The zero-order chi connectivity index (χ0) is 20.2. The number of rotatable bonds is 6. The number of nitrogens with zero attached hydrogens (tertiary/aromatic N) is 1. The first-order valence-electron chi connectivity index (χ1n) is 9.48. The third-order valence-corrected chi connectivity index (χ3v) is 6.04. The fraction of sp³-hybridized carbons (Fsp3) is 0.500. The number of nitrogens with one attached hydrogen (secondary N) is 1. The van der Waals surface area contributed by atoms with Gasteiger partial charge in [-0.25, -0.2) is 0 Å². The molecule has 1 aromatic carbocycles. The first-order chi connectivity index (χ1) is 14.1. The third-order valence-electron chi connectivity index (χ3n) is 6.04. The lowest BCUT2D eigenvalue weighted by atomic mass is 9.77. The van der Waals surface area contributed by atoms with E-state index in [9.17, 15) is 9.59 Å². The second kappa shape index (κ2) is 6.72. The summed E-state index contributed by atoms with van der Waals surface area (Å²) >= 11 is 0. The number of carbonyl (C=O) groups is 2. The summed E-state index contributed by atoms with van der Waals surface area (Å²) in [6.07, 6.45) is 2.84. The van der Waals surface area contributed by atoms with Gasteiger partial charge < -0.3 is 33.9 Å². The van der Waals surface area contributed by atoms with Crippen LogP contribution in [-0.4, -0.2) is 63.9 Å². The molecule has 154 valence electrons. The van der Waals surface area contributed by atoms with Gasteiger partial charge >= 0.3 is 0 Å². The lowest BCUT2D eigenvalue weighted by Gasteiger charge is -2.24. The zero-order valence-corrected chi connectivity index (χ0v) is 16.1. The Kier molecular flexibility index (Phi) is 4.27. The molecular weight excluding hydrogens is 380 g/mol. The van der Waals surface area contributed by atoms with Crippen LogP contribution in [-0.2, 0) is 23.8 Å². The number of fused-ring (bicyclic) bond motifs is 2. The average Bonchev–Trinajstić information content (AvgIpc) is 3.48. The van der Waals surface area contributed by atoms with Crippen molar-refractivity contribution < 1.29 is 33.3 Å². The van der Waals surface area contributed by atoms with Crippen LogP contribution in [0.2, 0.25) is 0 Å². The molecule has 9 nitrogen and oxygen atoms in total. The van der Waals surface area contributed by atoms with Crippen molar-refractivity contribution in [2.75, 3.05) is 39.0 Å². The minimum absolute atomic E-state index is 0.133. The van der Waals surface area contributed by atoms with Gasteiger partial charge in [0.15, 0.2) is 17.8 Å². The lowest BCUT2D eigenvalue weighted by Crippen LogP contribution is -2.46. The number of hydrogen-bond acceptors (Lipinski definition) is 7. The molecule has 0 aromatic heterocycles. The normalized spacial score (nSPS) is 31.1. The highest BCUT2D eigenvalue weighted by Crippen LogP contribution is 2.53. The van der Waals surface area contributed by atoms with Crippen LogP contribution in [0.5, 0.6) is 11.5 Å². The summed E-state index contributed by atoms with van der Waals surface area (Å²) in [5.74, 6) is -0.298. The molecule has 5 rings (SSSR count). The predicted molar refractivity (Wildman–Crippen MR) is 99.5 cm³/mol. The van der Waals surface area contributed by atoms with Gasteiger partial charge in [-0.05, 0) is 12.1 Å². The van der Waals surface area contributed by atoms with Gasteiger partial charge in [-0.2, -0.15) is 0 Å². The van der Waals surface area contributed by atoms with Gasteiger partial charge in [0.05, 0.1) is 31.0 Å². The standard InChI is InChI=1S/C20H22N2O7/c1-25-15(26-2)8-21-18(23)16-13-5-6-20(29-13)9-22(19(24)17(16)20)11-3-4-12-14(7-11)28-10-27-12/h3-7,13,15-17H,8-10H2,1-2H3,(H,21,23). The number of carbonyl (C=O) groups excluding carboxylic acids is 2. The Balaban J connectivity index is 1.38. The predicted octanol–water partition coefficient (Wildman–Crippen LogP) is 0.437. The molecule has 0 saturated carbocycles. The Hall–Kier alpha value is -2.62. The first-order valence-corrected chi connectivity index (χ1v) is 9.48. The van der Waals surface area contributed by atoms with Crippen LogP contribution in [0.4, 0.5) is 5.69 Å². The number of hydrogen-bond donors (Lipinski definition) is 1. The number of anilines is 1. The summed E-state index contributed by atoms with van der Waals surface area (Å²) in [5.41, 5.74) is -0.0938. The lowest BCUT2D eigenvalue weighted by molar-refractivity contribution is -0.135. The summed E-state index contributed by atoms with van der Waals surface area (Å²) in [7, 11) is 3.00. The van der Waals surface area contributed by atoms with Gasteiger partial charge in [0.25, 0.3) is 0 Å². The van der Waals surface area contributed by atoms with Crippen molar-refractivity contribution in [1.29, 1.82) is 0 Å². The summed E-state index contributed by atoms with van der Waals surface area (Å²) in [4.78, 5) is 27.9. The smallest absolute Gasteiger partial charge is 0.234 e. The van der Waals surface area contributed by atoms with E-state index in [0.717, 1.165) is 0 Å². The molecule has 2 bridgehead atoms. The molecular formula is C20H22N2O7. The highest BCUT2D eigenvalue weighted by molar-refractivity contribution is 6.03. The quantitative estimate of drug-likeness (QED) is 0.545. The SMILES string of the molecule is COC(CNC(=O)C1C2C=CC3(CN(c4ccc5c(c4)OCO5)C(=O)C13)O2)OC. The third kappa shape index (κ3) is 2.72. The minimum Gasteiger partial charge on any atom is -0.454 e. The molecule has 1 aromatic rings. The summed E-state index contributed by atoms with van der Waals surface area (Å²) in [6, 6.07) is 5.38. The van der Waals surface area contributed by atoms with E-state index in [1.807, 2.05) is 18.2 Å². The molecule has 4 unspecified atom stereocenters. The maximum absolute atomic E-state index is 13.3. The number of benzene rings is 1. The van der Waals surface area contributed by atoms with Crippen LogP contribution >= 0.6 is 0 Å². The molecule has 29 heavy (non-hydrogen) atoms. The Morgan fingerprint density at radius 2 is 2.10 bits per heavy atom. The van der Waals surface area contributed by atoms with E-state index < -0.39 is 29.8 Å². The monoisotopic (exact) mass is 402 g/mol. The van der Waals surface area contributed by atoms with E-state index in [0.29, 0.717) is 23.7 Å². The largest absolute Gasteiger partial charge is 0.454 e. The van der Waals surface area contributed by atoms with Crippen LogP contribution in [0.1, 0.15) is 0 Å². The Labute approximate surface area is 167 Å². The van der Waals surface area contributed by atoms with Gasteiger partial charge in [-0.1, -0.05) is 12.2 Å². The number of amides is 2. The van der Waals surface area contributed by atoms with E-state index in [4.69, 9.17) is 23.7 Å². The molecule has 2 fully saturated rings. The van der Waals surface area contributed by atoms with Gasteiger partial charge in [-0.15, -0.1) is 0 Å². The Morgan fingerprint density at radius 3 is 2.90 bits per heavy atom. The molecule has 4 aliphatic rings. The van der Waals surface area contributed by atoms with Crippen molar-refractivity contribution in [3.63, 3.8) is 0 Å². The number of methoxy groups -OCH3 is 2. The van der Waals surface area contributed by atoms with Crippen molar-refractivity contribution >= 4 is 17.5 Å². The topological polar surface area (TPSA) is 95.6 Å². The highest BCUT2D eigenvalue weighted by atomic mass is 16.7. The molecule has 4 atom stereocenters. The van der Waals surface area contributed by atoms with Crippen molar-refractivity contribution in [1.82, 2.24) is 5.32 Å². The van der Waals surface area contributed by atoms with E-state index in [2.05, 4.69) is 5.32 Å². The first kappa shape index (κ1) is 18.4. The molecule has 9 heteroatoms. The van der Waals surface area contributed by atoms with Crippen molar-refractivity contribution in [2.45, 2.75) is 18.0 Å². The van der Waals surface area contributed by atoms with E-state index in [1.54, 1.807) is 17.0 Å². The van der Waals surface area contributed by atoms with Crippen LogP contribution in [0.15, 0.2) is 30.4 Å². The highest BCUT2D eigenvalue weighted by Gasteiger charge is 2.67. The molecule has 1 N–H and O–H groups in total. The number of ether oxygens (including phenoxy) is 5. The van der Waals surface area contributed by atoms with Crippen LogP contribution in [0.3, 0.4) is 0 Å². The fourth-order valence-corrected chi connectivity index (χ4v) is 4.63. The van der Waals surface area contributed by atoms with Crippen LogP contribution < -0.4 is 19.7 Å². The average molecular weight is 402 g/mol. The Bertz CT molecular complexity index is 884. The van der Waals surface area contributed by atoms with Gasteiger partial charge in [0, 0.05) is 26.0 Å². The second-order valence-electron chi connectivity index (χ2n) is 7.51. The summed E-state index contributed by atoms with van der Waals surface area (Å²) in [5, 5.41) is 2.82. The van der Waals surface area contributed by atoms with E-state index >= 15 is 0 Å². The van der Waals surface area contributed by atoms with Gasteiger partial charge in [0.2, 0.25) is 18.6 Å². The van der Waals surface area contributed by atoms with Gasteiger partial charge in [0.1, 0.15) is 5.60 Å². The Morgan fingerprint density at radius 1 is 1.31 bits per heavy atom. The van der Waals surface area contributed by atoms with Crippen molar-refractivity contribution in [2.24, 2.45) is 11.8 Å². The molecule has 4 heterocycles. The minimum atomic E-state index is -0.790. The van der Waals surface area contributed by atoms with Crippen molar-refractivity contribution in [3.05, 3.63) is 30.4 Å².